The van der Waals surface area contributed by atoms with Gasteiger partial charge in [0.15, 0.2) is 11.5 Å². The van der Waals surface area contributed by atoms with Gasteiger partial charge in [-0.25, -0.2) is 4.98 Å². The summed E-state index contributed by atoms with van der Waals surface area (Å²) in [5, 5.41) is 16.7. The Balaban J connectivity index is 2.14. The van der Waals surface area contributed by atoms with Gasteiger partial charge in [0, 0.05) is 11.4 Å². The number of amides is 2. The molecule has 2 rings (SSSR count). The molecule has 0 spiro atoms. The summed E-state index contributed by atoms with van der Waals surface area (Å²) in [6.07, 6.45) is -4.61. The minimum atomic E-state index is -4.61. The second-order valence-electron chi connectivity index (χ2n) is 5.62. The lowest BCUT2D eigenvalue weighted by molar-refractivity contribution is -0.385. The van der Waals surface area contributed by atoms with Crippen molar-refractivity contribution in [2.45, 2.75) is 12.8 Å². The van der Waals surface area contributed by atoms with Gasteiger partial charge in [-0.2, -0.15) is 13.2 Å². The van der Waals surface area contributed by atoms with E-state index in [1.807, 2.05) is 5.32 Å². The molecule has 1 heterocycles. The van der Waals surface area contributed by atoms with Gasteiger partial charge in [0.05, 0.1) is 35.8 Å². The lowest BCUT2D eigenvalue weighted by Crippen LogP contribution is -2.41. The number of halogens is 3. The van der Waals surface area contributed by atoms with Crippen LogP contribution in [0.25, 0.3) is 0 Å². The third-order valence-electron chi connectivity index (χ3n) is 3.48. The molecule has 0 unspecified atom stereocenters. The van der Waals surface area contributed by atoms with E-state index in [-0.39, 0.29) is 18.1 Å². The van der Waals surface area contributed by atoms with Crippen LogP contribution < -0.4 is 20.1 Å². The minimum absolute atomic E-state index is 0.00192. The molecular formula is C16H15F3N4O6S. The zero-order valence-electron chi connectivity index (χ0n) is 15.3. The average Bonchev–Trinajstić information content (AvgIpc) is 3.21. The number of nitro groups is 1. The van der Waals surface area contributed by atoms with Crippen molar-refractivity contribution in [1.82, 2.24) is 15.6 Å². The molecule has 0 aliphatic rings. The molecule has 30 heavy (non-hydrogen) atoms. The van der Waals surface area contributed by atoms with Crippen molar-refractivity contribution in [3.05, 3.63) is 44.4 Å². The Morgan fingerprint density at radius 1 is 1.27 bits per heavy atom. The van der Waals surface area contributed by atoms with Crippen LogP contribution in [0.4, 0.5) is 18.9 Å². The Morgan fingerprint density at radius 2 is 2.00 bits per heavy atom. The van der Waals surface area contributed by atoms with Gasteiger partial charge in [0.2, 0.25) is 5.91 Å². The van der Waals surface area contributed by atoms with Crippen LogP contribution in [0.1, 0.15) is 16.1 Å². The first-order valence-corrected chi connectivity index (χ1v) is 9.03. The molecular weight excluding hydrogens is 433 g/mol. The monoisotopic (exact) mass is 448 g/mol. The Kier molecular flexibility index (Phi) is 7.52. The topological polar surface area (TPSA) is 133 Å². The van der Waals surface area contributed by atoms with E-state index < -0.39 is 47.3 Å². The predicted octanol–water partition coefficient (Wildman–Crippen LogP) is 2.05. The van der Waals surface area contributed by atoms with E-state index in [4.69, 9.17) is 9.47 Å². The van der Waals surface area contributed by atoms with Crippen molar-refractivity contribution in [3.63, 3.8) is 0 Å². The Labute approximate surface area is 171 Å². The predicted molar refractivity (Wildman–Crippen MR) is 97.5 cm³/mol. The van der Waals surface area contributed by atoms with E-state index >= 15 is 0 Å². The van der Waals surface area contributed by atoms with E-state index in [0.29, 0.717) is 5.69 Å². The van der Waals surface area contributed by atoms with Gasteiger partial charge in [0.1, 0.15) is 18.7 Å². The van der Waals surface area contributed by atoms with Crippen molar-refractivity contribution in [1.29, 1.82) is 0 Å². The number of aromatic nitrogens is 1. The highest BCUT2D eigenvalue weighted by molar-refractivity contribution is 7.07. The van der Waals surface area contributed by atoms with E-state index in [1.54, 1.807) is 16.2 Å². The molecule has 0 saturated heterocycles. The number of rotatable bonds is 9. The third-order valence-corrected chi connectivity index (χ3v) is 4.11. The van der Waals surface area contributed by atoms with E-state index in [9.17, 15) is 32.9 Å². The summed E-state index contributed by atoms with van der Waals surface area (Å²) in [6.45, 7) is -2.38. The van der Waals surface area contributed by atoms with E-state index in [1.165, 1.54) is 18.4 Å². The van der Waals surface area contributed by atoms with Crippen molar-refractivity contribution < 1.29 is 37.2 Å². The van der Waals surface area contributed by atoms with Crippen molar-refractivity contribution >= 4 is 28.8 Å². The first-order chi connectivity index (χ1) is 14.1. The van der Waals surface area contributed by atoms with Crippen LogP contribution in [0.3, 0.4) is 0 Å². The van der Waals surface area contributed by atoms with Crippen molar-refractivity contribution in [2.24, 2.45) is 0 Å². The summed E-state index contributed by atoms with van der Waals surface area (Å²) in [5.41, 5.74) is 1.06. The number of thiazole rings is 1. The quantitative estimate of drug-likeness (QED) is 0.443. The maximum absolute atomic E-state index is 12.3. The largest absolute Gasteiger partial charge is 0.493 e. The van der Waals surface area contributed by atoms with Crippen LogP contribution in [0.2, 0.25) is 0 Å². The Hall–Kier alpha value is -3.42. The first-order valence-electron chi connectivity index (χ1n) is 8.08. The summed E-state index contributed by atoms with van der Waals surface area (Å²) in [5.74, 6) is -2.18. The van der Waals surface area contributed by atoms with Crippen LogP contribution >= 0.6 is 11.3 Å². The SMILES string of the molecule is COc1cc(C(=O)NCC(=O)NCC(F)(F)F)c([N+](=O)[O-])cc1OCc1cscn1. The number of carbonyl (C=O) groups excluding carboxylic acids is 2. The molecule has 1 aromatic carbocycles. The second-order valence-corrected chi connectivity index (χ2v) is 6.34. The maximum atomic E-state index is 12.3. The van der Waals surface area contributed by atoms with Gasteiger partial charge in [-0.15, -0.1) is 11.3 Å². The van der Waals surface area contributed by atoms with Crippen LogP contribution in [-0.4, -0.2) is 48.1 Å². The van der Waals surface area contributed by atoms with Crippen LogP contribution in [0.15, 0.2) is 23.0 Å². The molecule has 0 saturated carbocycles. The normalized spacial score (nSPS) is 10.9. The number of benzene rings is 1. The lowest BCUT2D eigenvalue weighted by Gasteiger charge is -2.13. The number of ether oxygens (including phenoxy) is 2. The number of alkyl halides is 3. The summed E-state index contributed by atoms with van der Waals surface area (Å²) in [7, 11) is 1.25. The molecule has 0 radical (unpaired) electrons. The molecule has 2 aromatic rings. The number of nitrogens with zero attached hydrogens (tertiary/aromatic N) is 2. The fourth-order valence-corrected chi connectivity index (χ4v) is 2.68. The van der Waals surface area contributed by atoms with Gasteiger partial charge in [0.25, 0.3) is 11.6 Å². The van der Waals surface area contributed by atoms with Gasteiger partial charge in [-0.05, 0) is 0 Å². The summed E-state index contributed by atoms with van der Waals surface area (Å²) >= 11 is 1.33. The Bertz CT molecular complexity index is 920. The number of methoxy groups -OCH3 is 1. The fourth-order valence-electron chi connectivity index (χ4n) is 2.13. The molecule has 2 N–H and O–H groups in total. The summed E-state index contributed by atoms with van der Waals surface area (Å²) < 4.78 is 46.8. The van der Waals surface area contributed by atoms with E-state index in [2.05, 4.69) is 4.98 Å². The average molecular weight is 448 g/mol. The highest BCUT2D eigenvalue weighted by Crippen LogP contribution is 2.35. The van der Waals surface area contributed by atoms with Gasteiger partial charge >= 0.3 is 6.18 Å². The van der Waals surface area contributed by atoms with E-state index in [0.717, 1.165) is 12.1 Å². The number of carbonyl (C=O) groups is 2. The van der Waals surface area contributed by atoms with Crippen LogP contribution in [-0.2, 0) is 11.4 Å². The van der Waals surface area contributed by atoms with Crippen molar-refractivity contribution in [3.8, 4) is 11.5 Å². The second kappa shape index (κ2) is 9.87. The molecule has 0 aliphatic heterocycles. The molecule has 0 fully saturated rings. The van der Waals surface area contributed by atoms with Crippen LogP contribution in [0, 0.1) is 10.1 Å². The molecule has 0 atom stereocenters. The number of nitro benzene ring substituents is 1. The molecule has 10 nitrogen and oxygen atoms in total. The molecule has 1 aromatic heterocycles. The van der Waals surface area contributed by atoms with Crippen LogP contribution in [0.5, 0.6) is 11.5 Å². The van der Waals surface area contributed by atoms with Gasteiger partial charge in [-0.3, -0.25) is 19.7 Å². The van der Waals surface area contributed by atoms with Gasteiger partial charge < -0.3 is 20.1 Å². The minimum Gasteiger partial charge on any atom is -0.493 e. The summed E-state index contributed by atoms with van der Waals surface area (Å²) in [6, 6.07) is 2.02. The fraction of sp³-hybridized carbons (Fsp3) is 0.312. The molecule has 2 amide bonds. The van der Waals surface area contributed by atoms with Crippen molar-refractivity contribution in [2.75, 3.05) is 20.2 Å². The lowest BCUT2D eigenvalue weighted by atomic mass is 10.1. The first kappa shape index (κ1) is 22.9. The summed E-state index contributed by atoms with van der Waals surface area (Å²) in [4.78, 5) is 38.2. The standard InChI is InChI=1S/C16H15F3N4O6S/c1-28-12-2-10(15(25)20-4-14(24)21-7-16(17,18)19)11(23(26)27)3-13(12)29-5-9-6-30-8-22-9/h2-3,6,8H,4-5,7H2,1H3,(H,20,25)(H,21,24). The number of hydrogen-bond acceptors (Lipinski definition) is 8. The molecule has 0 bridgehead atoms. The highest BCUT2D eigenvalue weighted by Gasteiger charge is 2.28. The third kappa shape index (κ3) is 6.58. The number of nitrogens with one attached hydrogen (secondary N) is 2. The molecule has 14 heteroatoms. The maximum Gasteiger partial charge on any atom is 0.405 e. The molecule has 0 aliphatic carbocycles. The zero-order valence-corrected chi connectivity index (χ0v) is 16.1. The Morgan fingerprint density at radius 3 is 2.57 bits per heavy atom. The highest BCUT2D eigenvalue weighted by atomic mass is 32.1. The molecule has 162 valence electrons. The zero-order chi connectivity index (χ0) is 22.3. The van der Waals surface area contributed by atoms with Gasteiger partial charge in [-0.1, -0.05) is 0 Å². The number of hydrogen-bond donors (Lipinski definition) is 2. The smallest absolute Gasteiger partial charge is 0.405 e.